The topological polar surface area (TPSA) is 52.4 Å². The summed E-state index contributed by atoms with van der Waals surface area (Å²) in [6.45, 7) is 0.225. The van der Waals surface area contributed by atoms with Crippen molar-refractivity contribution in [3.05, 3.63) is 67.6 Å². The highest BCUT2D eigenvalue weighted by molar-refractivity contribution is 9.10. The Bertz CT molecular complexity index is 619. The predicted molar refractivity (Wildman–Crippen MR) is 76.6 cm³/mol. The summed E-state index contributed by atoms with van der Waals surface area (Å²) < 4.78 is 5.98. The summed E-state index contributed by atoms with van der Waals surface area (Å²) in [6, 6.07) is 11.8. The summed E-state index contributed by atoms with van der Waals surface area (Å²) in [5.74, 6) is 0.617. The summed E-state index contributed by atoms with van der Waals surface area (Å²) in [4.78, 5) is 10.4. The van der Waals surface area contributed by atoms with Gasteiger partial charge < -0.3 is 4.74 Å². The predicted octanol–water partition coefficient (Wildman–Crippen LogP) is 4.59. The number of rotatable bonds is 4. The van der Waals surface area contributed by atoms with Crippen molar-refractivity contribution in [1.82, 2.24) is 0 Å². The van der Waals surface area contributed by atoms with Crippen LogP contribution >= 0.6 is 27.5 Å². The van der Waals surface area contributed by atoms with E-state index < -0.39 is 4.92 Å². The van der Waals surface area contributed by atoms with Crippen LogP contribution in [0.25, 0.3) is 0 Å². The van der Waals surface area contributed by atoms with E-state index in [1.165, 1.54) is 6.07 Å². The Morgan fingerprint density at radius 1 is 1.26 bits per heavy atom. The molecule has 0 aromatic heterocycles. The molecule has 0 bridgehead atoms. The monoisotopic (exact) mass is 341 g/mol. The molecule has 98 valence electrons. The molecule has 6 heteroatoms. The highest BCUT2D eigenvalue weighted by atomic mass is 79.9. The van der Waals surface area contributed by atoms with Crippen molar-refractivity contribution in [3.8, 4) is 5.75 Å². The maximum absolute atomic E-state index is 10.8. The molecule has 2 rings (SSSR count). The molecule has 0 N–H and O–H groups in total. The lowest BCUT2D eigenvalue weighted by Gasteiger charge is -2.08. The van der Waals surface area contributed by atoms with Crippen LogP contribution in [0.15, 0.2) is 46.9 Å². The molecule has 0 aliphatic heterocycles. The van der Waals surface area contributed by atoms with Crippen LogP contribution in [-0.4, -0.2) is 4.92 Å². The smallest absolute Gasteiger partial charge is 0.283 e. The van der Waals surface area contributed by atoms with Gasteiger partial charge in [0.2, 0.25) is 0 Å². The van der Waals surface area contributed by atoms with Crippen molar-refractivity contribution in [2.24, 2.45) is 0 Å². The molecular formula is C13H9BrClNO3. The molecule has 0 spiro atoms. The molecule has 0 amide bonds. The van der Waals surface area contributed by atoms with Gasteiger partial charge in [-0.15, -0.1) is 0 Å². The van der Waals surface area contributed by atoms with E-state index in [9.17, 15) is 10.1 Å². The molecule has 0 aliphatic rings. The van der Waals surface area contributed by atoms with E-state index in [1.54, 1.807) is 36.4 Å². The van der Waals surface area contributed by atoms with Gasteiger partial charge in [-0.2, -0.15) is 0 Å². The molecule has 0 saturated heterocycles. The minimum absolute atomic E-state index is 0.0206. The normalized spacial score (nSPS) is 10.2. The van der Waals surface area contributed by atoms with Crippen LogP contribution in [-0.2, 0) is 6.61 Å². The van der Waals surface area contributed by atoms with E-state index in [2.05, 4.69) is 15.9 Å². The van der Waals surface area contributed by atoms with E-state index in [4.69, 9.17) is 16.3 Å². The highest BCUT2D eigenvalue weighted by Gasteiger charge is 2.14. The van der Waals surface area contributed by atoms with Crippen LogP contribution in [0.3, 0.4) is 0 Å². The maximum atomic E-state index is 10.8. The van der Waals surface area contributed by atoms with Crippen LogP contribution in [0.1, 0.15) is 5.56 Å². The SMILES string of the molecule is O=[N+]([O-])c1cccc(COc2cccc(Cl)c2)c1Br. The van der Waals surface area contributed by atoms with Gasteiger partial charge in [-0.25, -0.2) is 0 Å². The summed E-state index contributed by atoms with van der Waals surface area (Å²) in [5, 5.41) is 11.4. The van der Waals surface area contributed by atoms with Gasteiger partial charge in [-0.3, -0.25) is 10.1 Å². The van der Waals surface area contributed by atoms with Gasteiger partial charge in [0.15, 0.2) is 0 Å². The van der Waals surface area contributed by atoms with Gasteiger partial charge in [-0.1, -0.05) is 29.8 Å². The second kappa shape index (κ2) is 6.04. The molecule has 0 radical (unpaired) electrons. The molecular weight excluding hydrogens is 334 g/mol. The van der Waals surface area contributed by atoms with Crippen LogP contribution in [0.2, 0.25) is 5.02 Å². The third-order valence-corrected chi connectivity index (χ3v) is 3.60. The second-order valence-electron chi connectivity index (χ2n) is 3.75. The first kappa shape index (κ1) is 13.8. The largest absolute Gasteiger partial charge is 0.489 e. The molecule has 0 fully saturated rings. The molecule has 0 heterocycles. The molecule has 0 unspecified atom stereocenters. The molecule has 0 aliphatic carbocycles. The van der Waals surface area contributed by atoms with E-state index in [0.29, 0.717) is 20.8 Å². The van der Waals surface area contributed by atoms with Crippen molar-refractivity contribution < 1.29 is 9.66 Å². The van der Waals surface area contributed by atoms with Gasteiger partial charge in [-0.05, 0) is 34.1 Å². The average molecular weight is 343 g/mol. The summed E-state index contributed by atoms with van der Waals surface area (Å²) in [7, 11) is 0. The number of ether oxygens (including phenoxy) is 1. The fourth-order valence-corrected chi connectivity index (χ4v) is 2.24. The summed E-state index contributed by atoms with van der Waals surface area (Å²) >= 11 is 9.07. The zero-order chi connectivity index (χ0) is 13.8. The van der Waals surface area contributed by atoms with Gasteiger partial charge in [0.1, 0.15) is 16.8 Å². The first-order valence-corrected chi connectivity index (χ1v) is 6.55. The quantitative estimate of drug-likeness (QED) is 0.603. The van der Waals surface area contributed by atoms with Gasteiger partial charge >= 0.3 is 0 Å². The number of nitrogens with zero attached hydrogens (tertiary/aromatic N) is 1. The lowest BCUT2D eigenvalue weighted by Crippen LogP contribution is -1.99. The maximum Gasteiger partial charge on any atom is 0.283 e. The molecule has 0 saturated carbocycles. The van der Waals surface area contributed by atoms with Crippen molar-refractivity contribution in [2.45, 2.75) is 6.61 Å². The zero-order valence-electron chi connectivity index (χ0n) is 9.68. The number of hydrogen-bond acceptors (Lipinski definition) is 3. The van der Waals surface area contributed by atoms with E-state index in [0.717, 1.165) is 0 Å². The number of hydrogen-bond donors (Lipinski definition) is 0. The minimum atomic E-state index is -0.438. The number of nitro groups is 1. The van der Waals surface area contributed by atoms with Gasteiger partial charge in [0, 0.05) is 16.7 Å². The van der Waals surface area contributed by atoms with Crippen molar-refractivity contribution >= 4 is 33.2 Å². The Morgan fingerprint density at radius 2 is 2.00 bits per heavy atom. The summed E-state index contributed by atoms with van der Waals surface area (Å²) in [5.41, 5.74) is 0.723. The average Bonchev–Trinajstić information content (AvgIpc) is 2.37. The van der Waals surface area contributed by atoms with Crippen molar-refractivity contribution in [2.75, 3.05) is 0 Å². The molecule has 2 aromatic carbocycles. The number of halogens is 2. The first-order valence-electron chi connectivity index (χ1n) is 5.38. The Hall–Kier alpha value is -1.59. The number of benzene rings is 2. The molecule has 0 atom stereocenters. The van der Waals surface area contributed by atoms with Crippen molar-refractivity contribution in [3.63, 3.8) is 0 Å². The standard InChI is InChI=1S/C13H9BrClNO3/c14-13-9(3-1-6-12(13)16(17)18)8-19-11-5-2-4-10(15)7-11/h1-7H,8H2. The third kappa shape index (κ3) is 3.45. The second-order valence-corrected chi connectivity index (χ2v) is 4.98. The van der Waals surface area contributed by atoms with Gasteiger partial charge in [0.05, 0.1) is 4.92 Å². The Kier molecular flexibility index (Phi) is 4.39. The first-order chi connectivity index (χ1) is 9.08. The fourth-order valence-electron chi connectivity index (χ4n) is 1.54. The highest BCUT2D eigenvalue weighted by Crippen LogP contribution is 2.29. The van der Waals surface area contributed by atoms with Crippen LogP contribution in [0, 0.1) is 10.1 Å². The van der Waals surface area contributed by atoms with E-state index in [1.807, 2.05) is 0 Å². The van der Waals surface area contributed by atoms with Crippen LogP contribution < -0.4 is 4.74 Å². The minimum Gasteiger partial charge on any atom is -0.489 e. The molecule has 2 aromatic rings. The Balaban J connectivity index is 2.16. The van der Waals surface area contributed by atoms with Crippen LogP contribution in [0.5, 0.6) is 5.75 Å². The van der Waals surface area contributed by atoms with Crippen molar-refractivity contribution in [1.29, 1.82) is 0 Å². The van der Waals surface area contributed by atoms with E-state index >= 15 is 0 Å². The lowest BCUT2D eigenvalue weighted by molar-refractivity contribution is -0.385. The zero-order valence-corrected chi connectivity index (χ0v) is 12.0. The third-order valence-electron chi connectivity index (χ3n) is 2.45. The molecule has 4 nitrogen and oxygen atoms in total. The lowest BCUT2D eigenvalue weighted by atomic mass is 10.2. The molecule has 19 heavy (non-hydrogen) atoms. The van der Waals surface area contributed by atoms with E-state index in [-0.39, 0.29) is 12.3 Å². The fraction of sp³-hybridized carbons (Fsp3) is 0.0769. The Morgan fingerprint density at radius 3 is 2.68 bits per heavy atom. The number of nitro benzene ring substituents is 1. The van der Waals surface area contributed by atoms with Crippen LogP contribution in [0.4, 0.5) is 5.69 Å². The summed E-state index contributed by atoms with van der Waals surface area (Å²) in [6.07, 6.45) is 0. The van der Waals surface area contributed by atoms with Gasteiger partial charge in [0.25, 0.3) is 5.69 Å². The Labute approximate surface area is 123 Å².